The molecule has 0 unspecified atom stereocenters. The van der Waals surface area contributed by atoms with Crippen LogP contribution in [0.4, 0.5) is 0 Å². The standard InChI is InChI=1S/C13H11ClN2O/c1-2-5-10-6-3-4-7-11(10)17-13-8-12(14)15-9-16-13/h2-9H,1H3. The fourth-order valence-electron chi connectivity index (χ4n) is 1.38. The highest BCUT2D eigenvalue weighted by Gasteiger charge is 2.03. The van der Waals surface area contributed by atoms with E-state index in [1.165, 1.54) is 6.33 Å². The van der Waals surface area contributed by atoms with Crippen LogP contribution in [0.5, 0.6) is 11.6 Å². The summed E-state index contributed by atoms with van der Waals surface area (Å²) in [6.45, 7) is 1.96. The number of hydrogen-bond acceptors (Lipinski definition) is 3. The van der Waals surface area contributed by atoms with Gasteiger partial charge in [-0.3, -0.25) is 0 Å². The number of aromatic nitrogens is 2. The molecule has 4 heteroatoms. The van der Waals surface area contributed by atoms with Crippen molar-refractivity contribution in [3.05, 3.63) is 53.5 Å². The molecule has 0 N–H and O–H groups in total. The van der Waals surface area contributed by atoms with Crippen LogP contribution in [-0.4, -0.2) is 9.97 Å². The second kappa shape index (κ2) is 5.46. The molecule has 2 rings (SSSR count). The van der Waals surface area contributed by atoms with Crippen LogP contribution in [0.1, 0.15) is 12.5 Å². The molecule has 0 aliphatic heterocycles. The maximum absolute atomic E-state index is 5.77. The zero-order chi connectivity index (χ0) is 12.1. The smallest absolute Gasteiger partial charge is 0.223 e. The lowest BCUT2D eigenvalue weighted by molar-refractivity contribution is 0.460. The van der Waals surface area contributed by atoms with E-state index < -0.39 is 0 Å². The molecular formula is C13H11ClN2O. The van der Waals surface area contributed by atoms with E-state index in [2.05, 4.69) is 9.97 Å². The van der Waals surface area contributed by atoms with Crippen LogP contribution >= 0.6 is 11.6 Å². The first kappa shape index (κ1) is 11.6. The van der Waals surface area contributed by atoms with Crippen LogP contribution in [0.3, 0.4) is 0 Å². The van der Waals surface area contributed by atoms with Gasteiger partial charge in [0.1, 0.15) is 17.2 Å². The molecule has 1 aromatic heterocycles. The minimum absolute atomic E-state index is 0.360. The average Bonchev–Trinajstić information content (AvgIpc) is 2.32. The quantitative estimate of drug-likeness (QED) is 0.769. The summed E-state index contributed by atoms with van der Waals surface area (Å²) in [5.74, 6) is 1.17. The third-order valence-corrected chi connectivity index (χ3v) is 2.30. The lowest BCUT2D eigenvalue weighted by atomic mass is 10.2. The van der Waals surface area contributed by atoms with E-state index in [0.29, 0.717) is 11.0 Å². The molecule has 0 saturated carbocycles. The molecule has 0 bridgehead atoms. The maximum Gasteiger partial charge on any atom is 0.223 e. The van der Waals surface area contributed by atoms with Gasteiger partial charge < -0.3 is 4.74 Å². The first-order chi connectivity index (χ1) is 8.29. The summed E-state index contributed by atoms with van der Waals surface area (Å²) in [6, 6.07) is 9.29. The van der Waals surface area contributed by atoms with Gasteiger partial charge in [0.25, 0.3) is 0 Å². The van der Waals surface area contributed by atoms with Crippen molar-refractivity contribution in [1.82, 2.24) is 9.97 Å². The van der Waals surface area contributed by atoms with Gasteiger partial charge in [0, 0.05) is 11.6 Å². The summed E-state index contributed by atoms with van der Waals surface area (Å²) in [7, 11) is 0. The van der Waals surface area contributed by atoms with Gasteiger partial charge in [-0.2, -0.15) is 0 Å². The highest BCUT2D eigenvalue weighted by Crippen LogP contribution is 2.25. The molecule has 0 aliphatic carbocycles. The van der Waals surface area contributed by atoms with Crippen LogP contribution in [0.2, 0.25) is 5.15 Å². The van der Waals surface area contributed by atoms with Crippen LogP contribution < -0.4 is 4.74 Å². The number of halogens is 1. The van der Waals surface area contributed by atoms with Gasteiger partial charge in [-0.1, -0.05) is 42.0 Å². The Morgan fingerprint density at radius 3 is 2.82 bits per heavy atom. The zero-order valence-electron chi connectivity index (χ0n) is 9.30. The summed E-state index contributed by atoms with van der Waals surface area (Å²) in [5, 5.41) is 0.360. The SMILES string of the molecule is CC=Cc1ccccc1Oc1cc(Cl)ncn1. The Kier molecular flexibility index (Phi) is 3.73. The molecule has 0 fully saturated rings. The molecule has 0 radical (unpaired) electrons. The van der Waals surface area contributed by atoms with E-state index in [4.69, 9.17) is 16.3 Å². The summed E-state index contributed by atoms with van der Waals surface area (Å²) in [6.07, 6.45) is 5.29. The lowest BCUT2D eigenvalue weighted by Gasteiger charge is -2.07. The molecule has 0 amide bonds. The first-order valence-electron chi connectivity index (χ1n) is 5.16. The van der Waals surface area contributed by atoms with Crippen LogP contribution in [0.25, 0.3) is 6.08 Å². The van der Waals surface area contributed by atoms with Gasteiger partial charge in [-0.15, -0.1) is 0 Å². The number of rotatable bonds is 3. The van der Waals surface area contributed by atoms with Crippen molar-refractivity contribution in [2.24, 2.45) is 0 Å². The van der Waals surface area contributed by atoms with Crippen molar-refractivity contribution in [3.8, 4) is 11.6 Å². The van der Waals surface area contributed by atoms with Crippen LogP contribution in [-0.2, 0) is 0 Å². The number of hydrogen-bond donors (Lipinski definition) is 0. The van der Waals surface area contributed by atoms with E-state index in [9.17, 15) is 0 Å². The number of nitrogens with zero attached hydrogens (tertiary/aromatic N) is 2. The first-order valence-corrected chi connectivity index (χ1v) is 5.54. The molecule has 0 spiro atoms. The van der Waals surface area contributed by atoms with Crippen LogP contribution in [0.15, 0.2) is 42.7 Å². The van der Waals surface area contributed by atoms with E-state index in [-0.39, 0.29) is 0 Å². The number of para-hydroxylation sites is 1. The predicted molar refractivity (Wildman–Crippen MR) is 68.3 cm³/mol. The maximum atomic E-state index is 5.77. The highest BCUT2D eigenvalue weighted by molar-refractivity contribution is 6.29. The Labute approximate surface area is 105 Å². The van der Waals surface area contributed by atoms with Crippen molar-refractivity contribution in [3.63, 3.8) is 0 Å². The molecular weight excluding hydrogens is 236 g/mol. The highest BCUT2D eigenvalue weighted by atomic mass is 35.5. The summed E-state index contributed by atoms with van der Waals surface area (Å²) in [4.78, 5) is 7.79. The predicted octanol–water partition coefficient (Wildman–Crippen LogP) is 3.96. The van der Waals surface area contributed by atoms with Crippen molar-refractivity contribution >= 4 is 17.7 Å². The molecule has 3 nitrogen and oxygen atoms in total. The molecule has 1 aromatic carbocycles. The molecule has 2 aromatic rings. The third kappa shape index (κ3) is 3.04. The van der Waals surface area contributed by atoms with Crippen molar-refractivity contribution in [2.75, 3.05) is 0 Å². The Hall–Kier alpha value is -1.87. The minimum Gasteiger partial charge on any atom is -0.438 e. The van der Waals surface area contributed by atoms with Gasteiger partial charge in [-0.25, -0.2) is 9.97 Å². The second-order valence-corrected chi connectivity index (χ2v) is 3.71. The summed E-state index contributed by atoms with van der Waals surface area (Å²) < 4.78 is 5.66. The molecule has 86 valence electrons. The normalized spacial score (nSPS) is 10.7. The van der Waals surface area contributed by atoms with E-state index >= 15 is 0 Å². The van der Waals surface area contributed by atoms with Crippen molar-refractivity contribution in [2.45, 2.75) is 6.92 Å². The van der Waals surface area contributed by atoms with Crippen molar-refractivity contribution < 1.29 is 4.74 Å². The molecule has 1 heterocycles. The molecule has 0 atom stereocenters. The van der Waals surface area contributed by atoms with E-state index in [1.54, 1.807) is 6.07 Å². The summed E-state index contributed by atoms with van der Waals surface area (Å²) >= 11 is 5.77. The van der Waals surface area contributed by atoms with Gasteiger partial charge in [0.15, 0.2) is 0 Å². The molecule has 17 heavy (non-hydrogen) atoms. The Morgan fingerprint density at radius 1 is 1.24 bits per heavy atom. The Bertz CT molecular complexity index is 540. The topological polar surface area (TPSA) is 35.0 Å². The third-order valence-electron chi connectivity index (χ3n) is 2.09. The van der Waals surface area contributed by atoms with Crippen LogP contribution in [0, 0.1) is 0 Å². The Balaban J connectivity index is 2.29. The monoisotopic (exact) mass is 246 g/mol. The Morgan fingerprint density at radius 2 is 2.06 bits per heavy atom. The lowest BCUT2D eigenvalue weighted by Crippen LogP contribution is -1.90. The average molecular weight is 247 g/mol. The molecule has 0 aliphatic rings. The fourth-order valence-corrected chi connectivity index (χ4v) is 1.51. The second-order valence-electron chi connectivity index (χ2n) is 3.32. The number of benzene rings is 1. The van der Waals surface area contributed by atoms with Gasteiger partial charge in [0.05, 0.1) is 0 Å². The number of ether oxygens (including phenoxy) is 1. The molecule has 0 saturated heterocycles. The van der Waals surface area contributed by atoms with Gasteiger partial charge >= 0.3 is 0 Å². The van der Waals surface area contributed by atoms with E-state index in [1.807, 2.05) is 43.3 Å². The number of allylic oxidation sites excluding steroid dienone is 1. The largest absolute Gasteiger partial charge is 0.438 e. The van der Waals surface area contributed by atoms with Gasteiger partial charge in [-0.05, 0) is 13.0 Å². The minimum atomic E-state index is 0.360. The van der Waals surface area contributed by atoms with Gasteiger partial charge in [0.2, 0.25) is 5.88 Å². The zero-order valence-corrected chi connectivity index (χ0v) is 10.1. The fraction of sp³-hybridized carbons (Fsp3) is 0.0769. The van der Waals surface area contributed by atoms with Crippen molar-refractivity contribution in [1.29, 1.82) is 0 Å². The van der Waals surface area contributed by atoms with E-state index in [0.717, 1.165) is 11.3 Å². The summed E-state index contributed by atoms with van der Waals surface area (Å²) in [5.41, 5.74) is 0.990.